The molecule has 1 aliphatic carbocycles. The molecule has 1 saturated carbocycles. The average Bonchev–Trinajstić information content (AvgIpc) is 2.74. The highest BCUT2D eigenvalue weighted by Gasteiger charge is 2.42. The van der Waals surface area contributed by atoms with Gasteiger partial charge in [-0.3, -0.25) is 9.69 Å². The molecule has 1 aliphatic heterocycles. The van der Waals surface area contributed by atoms with Crippen LogP contribution in [0.25, 0.3) is 0 Å². The summed E-state index contributed by atoms with van der Waals surface area (Å²) in [7, 11) is 0. The minimum absolute atomic E-state index is 0.120. The van der Waals surface area contributed by atoms with Gasteiger partial charge in [-0.05, 0) is 31.7 Å². The van der Waals surface area contributed by atoms with Crippen molar-refractivity contribution in [3.8, 4) is 0 Å². The summed E-state index contributed by atoms with van der Waals surface area (Å²) in [6.45, 7) is 8.44. The molecule has 3 heteroatoms. The fourth-order valence-electron chi connectivity index (χ4n) is 3.41. The molecule has 2 rings (SSSR count). The number of likely N-dealkylation sites (tertiary alicyclic amines) is 1. The Morgan fingerprint density at radius 3 is 2.65 bits per heavy atom. The number of rotatable bonds is 3. The third-order valence-corrected chi connectivity index (χ3v) is 4.80. The highest BCUT2D eigenvalue weighted by molar-refractivity contribution is 5.88. The molecule has 1 N–H and O–H groups in total. The van der Waals surface area contributed by atoms with Gasteiger partial charge in [0, 0.05) is 23.9 Å². The van der Waals surface area contributed by atoms with Crippen molar-refractivity contribution < 1.29 is 9.90 Å². The standard InChI is InChI=1S/C14H25NO2/c1-10-5-7-15(12(10)9-16)8-11-4-6-14(2,3)13(11)17/h10-12,16H,4-9H2,1-3H3. The van der Waals surface area contributed by atoms with Crippen molar-refractivity contribution >= 4 is 5.78 Å². The van der Waals surface area contributed by atoms with E-state index in [-0.39, 0.29) is 24.0 Å². The Kier molecular flexibility index (Phi) is 3.60. The van der Waals surface area contributed by atoms with Gasteiger partial charge in [0.1, 0.15) is 5.78 Å². The van der Waals surface area contributed by atoms with Crippen LogP contribution in [0.4, 0.5) is 0 Å². The van der Waals surface area contributed by atoms with Crippen LogP contribution in [-0.2, 0) is 4.79 Å². The van der Waals surface area contributed by atoms with Gasteiger partial charge in [0.15, 0.2) is 0 Å². The van der Waals surface area contributed by atoms with Gasteiger partial charge >= 0.3 is 0 Å². The second-order valence-corrected chi connectivity index (χ2v) is 6.49. The first kappa shape index (κ1) is 13.0. The summed E-state index contributed by atoms with van der Waals surface area (Å²) < 4.78 is 0. The largest absolute Gasteiger partial charge is 0.395 e. The predicted molar refractivity (Wildman–Crippen MR) is 67.7 cm³/mol. The van der Waals surface area contributed by atoms with Crippen LogP contribution in [0.15, 0.2) is 0 Å². The molecule has 2 aliphatic rings. The normalized spacial score (nSPS) is 37.9. The first-order valence-electron chi connectivity index (χ1n) is 6.85. The Morgan fingerprint density at radius 2 is 2.12 bits per heavy atom. The van der Waals surface area contributed by atoms with Crippen LogP contribution < -0.4 is 0 Å². The van der Waals surface area contributed by atoms with E-state index in [1.807, 2.05) is 0 Å². The summed E-state index contributed by atoms with van der Waals surface area (Å²) in [6.07, 6.45) is 3.19. The van der Waals surface area contributed by atoms with Gasteiger partial charge in [0.25, 0.3) is 0 Å². The Balaban J connectivity index is 1.96. The van der Waals surface area contributed by atoms with Crippen molar-refractivity contribution in [2.75, 3.05) is 19.7 Å². The van der Waals surface area contributed by atoms with Gasteiger partial charge in [-0.1, -0.05) is 20.8 Å². The van der Waals surface area contributed by atoms with E-state index in [2.05, 4.69) is 25.7 Å². The average molecular weight is 239 g/mol. The third kappa shape index (κ3) is 2.41. The number of hydrogen-bond donors (Lipinski definition) is 1. The number of aliphatic hydroxyl groups is 1. The van der Waals surface area contributed by atoms with Gasteiger partial charge < -0.3 is 5.11 Å². The summed E-state index contributed by atoms with van der Waals surface area (Å²) in [5.74, 6) is 1.18. The second kappa shape index (κ2) is 4.69. The number of nitrogens with zero attached hydrogens (tertiary/aromatic N) is 1. The number of hydrogen-bond acceptors (Lipinski definition) is 3. The fourth-order valence-corrected chi connectivity index (χ4v) is 3.41. The van der Waals surface area contributed by atoms with Crippen LogP contribution in [0.3, 0.4) is 0 Å². The maximum absolute atomic E-state index is 12.2. The zero-order valence-corrected chi connectivity index (χ0v) is 11.3. The zero-order valence-electron chi connectivity index (χ0n) is 11.3. The molecule has 0 aromatic rings. The van der Waals surface area contributed by atoms with Crippen molar-refractivity contribution in [3.63, 3.8) is 0 Å². The van der Waals surface area contributed by atoms with E-state index in [1.165, 1.54) is 0 Å². The minimum Gasteiger partial charge on any atom is -0.395 e. The van der Waals surface area contributed by atoms with Crippen molar-refractivity contribution in [1.29, 1.82) is 0 Å². The Bertz CT molecular complexity index is 301. The SMILES string of the molecule is CC1CCN(CC2CCC(C)(C)C2=O)C1CO. The molecule has 98 valence electrons. The number of ketones is 1. The number of carbonyl (C=O) groups excluding carboxylic acids is 1. The number of carbonyl (C=O) groups is 1. The molecule has 0 radical (unpaired) electrons. The highest BCUT2D eigenvalue weighted by atomic mass is 16.3. The lowest BCUT2D eigenvalue weighted by Gasteiger charge is -2.27. The molecule has 3 atom stereocenters. The van der Waals surface area contributed by atoms with Gasteiger partial charge in [0.2, 0.25) is 0 Å². The van der Waals surface area contributed by atoms with Crippen LogP contribution in [0.1, 0.15) is 40.0 Å². The van der Waals surface area contributed by atoms with E-state index in [1.54, 1.807) is 0 Å². The molecule has 0 bridgehead atoms. The third-order valence-electron chi connectivity index (χ3n) is 4.80. The van der Waals surface area contributed by atoms with Crippen LogP contribution >= 0.6 is 0 Å². The maximum Gasteiger partial charge on any atom is 0.142 e. The van der Waals surface area contributed by atoms with Crippen molar-refractivity contribution in [1.82, 2.24) is 4.90 Å². The lowest BCUT2D eigenvalue weighted by Crippen LogP contribution is -2.40. The smallest absolute Gasteiger partial charge is 0.142 e. The van der Waals surface area contributed by atoms with E-state index in [0.717, 1.165) is 32.4 Å². The van der Waals surface area contributed by atoms with Gasteiger partial charge in [0.05, 0.1) is 6.61 Å². The lowest BCUT2D eigenvalue weighted by atomic mass is 9.89. The summed E-state index contributed by atoms with van der Waals surface area (Å²) in [6, 6.07) is 0.270. The van der Waals surface area contributed by atoms with Gasteiger partial charge in [-0.2, -0.15) is 0 Å². The first-order chi connectivity index (χ1) is 7.95. The second-order valence-electron chi connectivity index (χ2n) is 6.49. The highest BCUT2D eigenvalue weighted by Crippen LogP contribution is 2.38. The summed E-state index contributed by atoms with van der Waals surface area (Å²) in [5.41, 5.74) is -0.120. The van der Waals surface area contributed by atoms with Gasteiger partial charge in [-0.25, -0.2) is 0 Å². The van der Waals surface area contributed by atoms with Gasteiger partial charge in [-0.15, -0.1) is 0 Å². The molecule has 17 heavy (non-hydrogen) atoms. The van der Waals surface area contributed by atoms with Crippen LogP contribution in [0.5, 0.6) is 0 Å². The van der Waals surface area contributed by atoms with Crippen molar-refractivity contribution in [2.24, 2.45) is 17.3 Å². The molecule has 0 amide bonds. The van der Waals surface area contributed by atoms with E-state index in [4.69, 9.17) is 0 Å². The van der Waals surface area contributed by atoms with E-state index >= 15 is 0 Å². The molecule has 0 aromatic carbocycles. The molecular formula is C14H25NO2. The van der Waals surface area contributed by atoms with Crippen molar-refractivity contribution in [2.45, 2.75) is 46.1 Å². The monoisotopic (exact) mass is 239 g/mol. The quantitative estimate of drug-likeness (QED) is 0.815. The van der Waals surface area contributed by atoms with Crippen LogP contribution in [0.2, 0.25) is 0 Å². The van der Waals surface area contributed by atoms with E-state index in [0.29, 0.717) is 11.7 Å². The number of aliphatic hydroxyl groups excluding tert-OH is 1. The van der Waals surface area contributed by atoms with Crippen LogP contribution in [0, 0.1) is 17.3 Å². The van der Waals surface area contributed by atoms with E-state index in [9.17, 15) is 9.90 Å². The Hall–Kier alpha value is -0.410. The lowest BCUT2D eigenvalue weighted by molar-refractivity contribution is -0.128. The molecule has 0 aromatic heterocycles. The Labute approximate surface area is 104 Å². The summed E-state index contributed by atoms with van der Waals surface area (Å²) in [5, 5.41) is 9.42. The molecule has 2 fully saturated rings. The Morgan fingerprint density at radius 1 is 1.41 bits per heavy atom. The predicted octanol–water partition coefficient (Wildman–Crippen LogP) is 1.69. The maximum atomic E-state index is 12.2. The van der Waals surface area contributed by atoms with Crippen molar-refractivity contribution in [3.05, 3.63) is 0 Å². The molecule has 0 spiro atoms. The molecule has 3 unspecified atom stereocenters. The topological polar surface area (TPSA) is 40.5 Å². The van der Waals surface area contributed by atoms with Crippen LogP contribution in [-0.4, -0.2) is 41.5 Å². The molecule has 1 saturated heterocycles. The summed E-state index contributed by atoms with van der Waals surface area (Å²) >= 11 is 0. The fraction of sp³-hybridized carbons (Fsp3) is 0.929. The van der Waals surface area contributed by atoms with E-state index < -0.39 is 0 Å². The molecule has 3 nitrogen and oxygen atoms in total. The minimum atomic E-state index is -0.120. The molecule has 1 heterocycles. The number of Topliss-reactive ketones (excluding diaryl/α,β-unsaturated/α-hetero) is 1. The summed E-state index contributed by atoms with van der Waals surface area (Å²) in [4.78, 5) is 14.5. The zero-order chi connectivity index (χ0) is 12.6. The first-order valence-corrected chi connectivity index (χ1v) is 6.85. The molecular weight excluding hydrogens is 214 g/mol.